The van der Waals surface area contributed by atoms with Gasteiger partial charge in [-0.3, -0.25) is 0 Å². The molecule has 0 radical (unpaired) electrons. The minimum absolute atomic E-state index is 0.684. The third-order valence-corrected chi connectivity index (χ3v) is 3.35. The van der Waals surface area contributed by atoms with E-state index in [0.717, 1.165) is 19.6 Å². The SMILES string of the molecule is CCCCN(CC(C)CNCCC)c1ccccc1. The third-order valence-electron chi connectivity index (χ3n) is 3.35. The Labute approximate surface area is 119 Å². The van der Waals surface area contributed by atoms with Gasteiger partial charge in [0.15, 0.2) is 0 Å². The zero-order chi connectivity index (χ0) is 13.9. The topological polar surface area (TPSA) is 15.3 Å². The van der Waals surface area contributed by atoms with Crippen molar-refractivity contribution in [1.29, 1.82) is 0 Å². The molecule has 1 N–H and O–H groups in total. The Morgan fingerprint density at radius 3 is 2.47 bits per heavy atom. The fraction of sp³-hybridized carbons (Fsp3) is 0.647. The van der Waals surface area contributed by atoms with Gasteiger partial charge in [0.05, 0.1) is 0 Å². The first kappa shape index (κ1) is 16.0. The molecule has 1 aromatic rings. The van der Waals surface area contributed by atoms with Crippen LogP contribution in [0.2, 0.25) is 0 Å². The number of rotatable bonds is 10. The lowest BCUT2D eigenvalue weighted by molar-refractivity contribution is 0.500. The molecule has 0 fully saturated rings. The normalized spacial score (nSPS) is 12.4. The van der Waals surface area contributed by atoms with Crippen LogP contribution < -0.4 is 10.2 Å². The van der Waals surface area contributed by atoms with Crippen LogP contribution >= 0.6 is 0 Å². The predicted octanol–water partition coefficient (Wildman–Crippen LogP) is 3.93. The van der Waals surface area contributed by atoms with Crippen molar-refractivity contribution in [3.05, 3.63) is 30.3 Å². The first-order valence-corrected chi connectivity index (χ1v) is 7.78. The van der Waals surface area contributed by atoms with E-state index in [0.29, 0.717) is 5.92 Å². The monoisotopic (exact) mass is 262 g/mol. The molecule has 1 aromatic carbocycles. The Kier molecular flexibility index (Phi) is 8.31. The van der Waals surface area contributed by atoms with Gasteiger partial charge in [0, 0.05) is 18.8 Å². The maximum Gasteiger partial charge on any atom is 0.0366 e. The fourth-order valence-corrected chi connectivity index (χ4v) is 2.28. The average molecular weight is 262 g/mol. The van der Waals surface area contributed by atoms with Gasteiger partial charge in [0.1, 0.15) is 0 Å². The van der Waals surface area contributed by atoms with E-state index in [1.54, 1.807) is 0 Å². The second kappa shape index (κ2) is 9.85. The summed E-state index contributed by atoms with van der Waals surface area (Å²) in [5.41, 5.74) is 1.36. The van der Waals surface area contributed by atoms with Gasteiger partial charge < -0.3 is 10.2 Å². The number of hydrogen-bond acceptors (Lipinski definition) is 2. The Morgan fingerprint density at radius 2 is 1.84 bits per heavy atom. The number of benzene rings is 1. The third kappa shape index (κ3) is 6.63. The van der Waals surface area contributed by atoms with Crippen molar-refractivity contribution in [2.45, 2.75) is 40.0 Å². The number of para-hydroxylation sites is 1. The lowest BCUT2D eigenvalue weighted by atomic mass is 10.1. The average Bonchev–Trinajstić information content (AvgIpc) is 2.44. The van der Waals surface area contributed by atoms with Gasteiger partial charge in [-0.25, -0.2) is 0 Å². The molecule has 0 aromatic heterocycles. The van der Waals surface area contributed by atoms with Gasteiger partial charge in [0.2, 0.25) is 0 Å². The molecule has 0 bridgehead atoms. The summed E-state index contributed by atoms with van der Waals surface area (Å²) in [6.07, 6.45) is 3.74. The fourth-order valence-electron chi connectivity index (χ4n) is 2.28. The molecule has 0 aliphatic heterocycles. The molecule has 0 saturated carbocycles. The lowest BCUT2D eigenvalue weighted by Gasteiger charge is -2.28. The van der Waals surface area contributed by atoms with Gasteiger partial charge in [0.25, 0.3) is 0 Å². The minimum Gasteiger partial charge on any atom is -0.371 e. The first-order valence-electron chi connectivity index (χ1n) is 7.78. The Balaban J connectivity index is 2.49. The molecular weight excluding hydrogens is 232 g/mol. The van der Waals surface area contributed by atoms with E-state index in [1.165, 1.54) is 31.5 Å². The zero-order valence-electron chi connectivity index (χ0n) is 12.9. The Morgan fingerprint density at radius 1 is 1.11 bits per heavy atom. The summed E-state index contributed by atoms with van der Waals surface area (Å²) in [6, 6.07) is 10.8. The van der Waals surface area contributed by atoms with E-state index < -0.39 is 0 Å². The van der Waals surface area contributed by atoms with E-state index >= 15 is 0 Å². The summed E-state index contributed by atoms with van der Waals surface area (Å²) in [7, 11) is 0. The van der Waals surface area contributed by atoms with Crippen molar-refractivity contribution in [3.63, 3.8) is 0 Å². The van der Waals surface area contributed by atoms with E-state index in [-0.39, 0.29) is 0 Å². The van der Waals surface area contributed by atoms with Crippen LogP contribution in [-0.4, -0.2) is 26.2 Å². The Hall–Kier alpha value is -1.02. The molecular formula is C17H30N2. The number of unbranched alkanes of at least 4 members (excludes halogenated alkanes) is 1. The summed E-state index contributed by atoms with van der Waals surface area (Å²) in [6.45, 7) is 11.4. The molecule has 0 aliphatic carbocycles. The van der Waals surface area contributed by atoms with Gasteiger partial charge in [-0.1, -0.05) is 45.4 Å². The maximum atomic E-state index is 3.52. The highest BCUT2D eigenvalue weighted by Crippen LogP contribution is 2.15. The standard InChI is InChI=1S/C17H30N2/c1-4-6-13-19(17-10-8-7-9-11-17)15-16(3)14-18-12-5-2/h7-11,16,18H,4-6,12-15H2,1-3H3. The predicted molar refractivity (Wildman–Crippen MR) is 85.9 cm³/mol. The number of hydrogen-bond donors (Lipinski definition) is 1. The van der Waals surface area contributed by atoms with Crippen LogP contribution in [0, 0.1) is 5.92 Å². The largest absolute Gasteiger partial charge is 0.371 e. The second-order valence-electron chi connectivity index (χ2n) is 5.44. The van der Waals surface area contributed by atoms with E-state index in [2.05, 4.69) is 61.3 Å². The molecule has 0 saturated heterocycles. The van der Waals surface area contributed by atoms with Gasteiger partial charge >= 0.3 is 0 Å². The van der Waals surface area contributed by atoms with Crippen LogP contribution in [0.4, 0.5) is 5.69 Å². The molecule has 2 nitrogen and oxygen atoms in total. The molecule has 19 heavy (non-hydrogen) atoms. The quantitative estimate of drug-likeness (QED) is 0.643. The highest BCUT2D eigenvalue weighted by atomic mass is 15.1. The van der Waals surface area contributed by atoms with Gasteiger partial charge in [-0.05, 0) is 44.0 Å². The first-order chi connectivity index (χ1) is 9.27. The van der Waals surface area contributed by atoms with Crippen molar-refractivity contribution in [1.82, 2.24) is 5.32 Å². The van der Waals surface area contributed by atoms with E-state index in [1.807, 2.05) is 0 Å². The summed E-state index contributed by atoms with van der Waals surface area (Å²) in [4.78, 5) is 2.53. The van der Waals surface area contributed by atoms with Crippen molar-refractivity contribution in [3.8, 4) is 0 Å². The smallest absolute Gasteiger partial charge is 0.0366 e. The van der Waals surface area contributed by atoms with Crippen LogP contribution in [-0.2, 0) is 0 Å². The van der Waals surface area contributed by atoms with Crippen LogP contribution in [0.1, 0.15) is 40.0 Å². The number of nitrogens with one attached hydrogen (secondary N) is 1. The molecule has 1 unspecified atom stereocenters. The van der Waals surface area contributed by atoms with Crippen LogP contribution in [0.5, 0.6) is 0 Å². The van der Waals surface area contributed by atoms with Crippen molar-refractivity contribution < 1.29 is 0 Å². The highest BCUT2D eigenvalue weighted by molar-refractivity contribution is 5.45. The molecule has 0 aliphatic rings. The van der Waals surface area contributed by atoms with Crippen LogP contribution in [0.25, 0.3) is 0 Å². The molecule has 0 spiro atoms. The van der Waals surface area contributed by atoms with E-state index in [4.69, 9.17) is 0 Å². The highest BCUT2D eigenvalue weighted by Gasteiger charge is 2.10. The Bertz CT molecular complexity index is 310. The summed E-state index contributed by atoms with van der Waals surface area (Å²) in [5, 5.41) is 3.52. The zero-order valence-corrected chi connectivity index (χ0v) is 12.9. The van der Waals surface area contributed by atoms with Gasteiger partial charge in [-0.15, -0.1) is 0 Å². The second-order valence-corrected chi connectivity index (χ2v) is 5.44. The lowest BCUT2D eigenvalue weighted by Crippen LogP contribution is -2.34. The molecule has 0 amide bonds. The van der Waals surface area contributed by atoms with E-state index in [9.17, 15) is 0 Å². The van der Waals surface area contributed by atoms with Crippen LogP contribution in [0.3, 0.4) is 0 Å². The molecule has 1 rings (SSSR count). The molecule has 0 heterocycles. The maximum absolute atomic E-state index is 3.52. The molecule has 2 heteroatoms. The van der Waals surface area contributed by atoms with Crippen molar-refractivity contribution >= 4 is 5.69 Å². The van der Waals surface area contributed by atoms with Crippen LogP contribution in [0.15, 0.2) is 30.3 Å². The summed E-state index contributed by atoms with van der Waals surface area (Å²) in [5.74, 6) is 0.684. The number of nitrogens with zero attached hydrogens (tertiary/aromatic N) is 1. The van der Waals surface area contributed by atoms with Crippen molar-refractivity contribution in [2.24, 2.45) is 5.92 Å². The molecule has 108 valence electrons. The summed E-state index contributed by atoms with van der Waals surface area (Å²) < 4.78 is 0. The number of anilines is 1. The summed E-state index contributed by atoms with van der Waals surface area (Å²) >= 11 is 0. The molecule has 1 atom stereocenters. The minimum atomic E-state index is 0.684. The van der Waals surface area contributed by atoms with Gasteiger partial charge in [-0.2, -0.15) is 0 Å². The van der Waals surface area contributed by atoms with Crippen molar-refractivity contribution in [2.75, 3.05) is 31.1 Å².